The van der Waals surface area contributed by atoms with Crippen molar-refractivity contribution in [2.45, 2.75) is 32.3 Å². The Balaban J connectivity index is 2.43. The minimum absolute atomic E-state index is 0.304. The highest BCUT2D eigenvalue weighted by molar-refractivity contribution is 5.28. The van der Waals surface area contributed by atoms with Gasteiger partial charge < -0.3 is 15.6 Å². The summed E-state index contributed by atoms with van der Waals surface area (Å²) in [5.74, 6) is 1.32. The van der Waals surface area contributed by atoms with Gasteiger partial charge in [-0.25, -0.2) is 0 Å². The van der Waals surface area contributed by atoms with Crippen LogP contribution in [0.3, 0.4) is 0 Å². The first-order valence-corrected chi connectivity index (χ1v) is 5.74. The number of aliphatic hydroxyl groups is 1. The maximum Gasteiger partial charge on any atom is 0.119 e. The second-order valence-electron chi connectivity index (χ2n) is 4.27. The molecule has 0 heterocycles. The highest BCUT2D eigenvalue weighted by atomic mass is 16.5. The Hall–Kier alpha value is -1.06. The van der Waals surface area contributed by atoms with Gasteiger partial charge in [-0.1, -0.05) is 26.0 Å². The lowest BCUT2D eigenvalue weighted by Gasteiger charge is -2.12. The predicted octanol–water partition coefficient (Wildman–Crippen LogP) is 1.90. The van der Waals surface area contributed by atoms with E-state index in [0.29, 0.717) is 25.5 Å². The van der Waals surface area contributed by atoms with Crippen molar-refractivity contribution in [3.05, 3.63) is 29.8 Å². The molecule has 0 bridgehead atoms. The van der Waals surface area contributed by atoms with Crippen LogP contribution in [0.25, 0.3) is 0 Å². The van der Waals surface area contributed by atoms with Crippen molar-refractivity contribution < 1.29 is 9.84 Å². The summed E-state index contributed by atoms with van der Waals surface area (Å²) < 4.78 is 5.45. The highest BCUT2D eigenvalue weighted by Gasteiger charge is 2.04. The van der Waals surface area contributed by atoms with E-state index in [4.69, 9.17) is 10.5 Å². The SMILES string of the molecule is CC(C)c1ccc(OCC(O)CCN)cc1. The Labute approximate surface area is 97.2 Å². The van der Waals surface area contributed by atoms with Crippen molar-refractivity contribution in [1.82, 2.24) is 0 Å². The van der Waals surface area contributed by atoms with Crippen LogP contribution in [-0.2, 0) is 0 Å². The molecular formula is C13H21NO2. The molecule has 3 nitrogen and oxygen atoms in total. The first-order valence-electron chi connectivity index (χ1n) is 5.74. The Morgan fingerprint density at radius 2 is 1.88 bits per heavy atom. The van der Waals surface area contributed by atoms with Crippen LogP contribution >= 0.6 is 0 Å². The fourth-order valence-electron chi connectivity index (χ4n) is 1.42. The average molecular weight is 223 g/mol. The molecule has 0 saturated heterocycles. The number of nitrogens with two attached hydrogens (primary N) is 1. The summed E-state index contributed by atoms with van der Waals surface area (Å²) in [4.78, 5) is 0. The topological polar surface area (TPSA) is 55.5 Å². The molecule has 0 aliphatic rings. The normalized spacial score (nSPS) is 12.8. The zero-order valence-electron chi connectivity index (χ0n) is 10.0. The van der Waals surface area contributed by atoms with Crippen molar-refractivity contribution >= 4 is 0 Å². The van der Waals surface area contributed by atoms with Crippen LogP contribution in [0.1, 0.15) is 31.7 Å². The van der Waals surface area contributed by atoms with Gasteiger partial charge >= 0.3 is 0 Å². The monoisotopic (exact) mass is 223 g/mol. The Kier molecular flexibility index (Phi) is 5.29. The number of benzene rings is 1. The van der Waals surface area contributed by atoms with Gasteiger partial charge in [0, 0.05) is 0 Å². The number of hydrogen-bond acceptors (Lipinski definition) is 3. The molecule has 1 rings (SSSR count). The second-order valence-corrected chi connectivity index (χ2v) is 4.27. The fraction of sp³-hybridized carbons (Fsp3) is 0.538. The van der Waals surface area contributed by atoms with Crippen LogP contribution < -0.4 is 10.5 Å². The standard InChI is InChI=1S/C13H21NO2/c1-10(2)11-3-5-13(6-4-11)16-9-12(15)7-8-14/h3-6,10,12,15H,7-9,14H2,1-2H3. The predicted molar refractivity (Wildman–Crippen MR) is 65.7 cm³/mol. The lowest BCUT2D eigenvalue weighted by molar-refractivity contribution is 0.102. The maximum atomic E-state index is 9.45. The van der Waals surface area contributed by atoms with Crippen LogP contribution in [-0.4, -0.2) is 24.4 Å². The van der Waals surface area contributed by atoms with Crippen LogP contribution in [0.15, 0.2) is 24.3 Å². The lowest BCUT2D eigenvalue weighted by Crippen LogP contribution is -2.21. The minimum atomic E-state index is -0.477. The van der Waals surface area contributed by atoms with Gasteiger partial charge in [0.25, 0.3) is 0 Å². The zero-order chi connectivity index (χ0) is 12.0. The van der Waals surface area contributed by atoms with Gasteiger partial charge in [-0.05, 0) is 36.6 Å². The molecule has 0 fully saturated rings. The number of aliphatic hydroxyl groups excluding tert-OH is 1. The molecule has 0 spiro atoms. The molecule has 0 aliphatic carbocycles. The molecule has 16 heavy (non-hydrogen) atoms. The third kappa shape index (κ3) is 4.21. The Morgan fingerprint density at radius 3 is 2.38 bits per heavy atom. The summed E-state index contributed by atoms with van der Waals surface area (Å²) in [6.07, 6.45) is 0.0964. The van der Waals surface area contributed by atoms with E-state index in [1.165, 1.54) is 5.56 Å². The van der Waals surface area contributed by atoms with Crippen molar-refractivity contribution in [3.8, 4) is 5.75 Å². The number of rotatable bonds is 6. The molecule has 0 amide bonds. The van der Waals surface area contributed by atoms with E-state index in [1.54, 1.807) is 0 Å². The van der Waals surface area contributed by atoms with Crippen molar-refractivity contribution in [1.29, 1.82) is 0 Å². The first-order chi connectivity index (χ1) is 7.63. The van der Waals surface area contributed by atoms with E-state index in [9.17, 15) is 5.11 Å². The van der Waals surface area contributed by atoms with Gasteiger partial charge in [0.15, 0.2) is 0 Å². The van der Waals surface area contributed by atoms with Crippen molar-refractivity contribution in [2.24, 2.45) is 5.73 Å². The second kappa shape index (κ2) is 6.51. The van der Waals surface area contributed by atoms with Crippen LogP contribution in [0.2, 0.25) is 0 Å². The molecule has 3 N–H and O–H groups in total. The molecule has 0 aromatic heterocycles. The third-order valence-electron chi connectivity index (χ3n) is 2.49. The molecule has 1 atom stereocenters. The Morgan fingerprint density at radius 1 is 1.25 bits per heavy atom. The summed E-state index contributed by atoms with van der Waals surface area (Å²) in [7, 11) is 0. The maximum absolute atomic E-state index is 9.45. The summed E-state index contributed by atoms with van der Waals surface area (Å²) >= 11 is 0. The van der Waals surface area contributed by atoms with Crippen LogP contribution in [0.5, 0.6) is 5.75 Å². The summed E-state index contributed by atoms with van der Waals surface area (Å²) in [5, 5.41) is 9.45. The van der Waals surface area contributed by atoms with Gasteiger partial charge in [-0.2, -0.15) is 0 Å². The fourth-order valence-corrected chi connectivity index (χ4v) is 1.42. The van der Waals surface area contributed by atoms with Crippen LogP contribution in [0, 0.1) is 0 Å². The van der Waals surface area contributed by atoms with Gasteiger partial charge in [0.1, 0.15) is 12.4 Å². The highest BCUT2D eigenvalue weighted by Crippen LogP contribution is 2.18. The summed E-state index contributed by atoms with van der Waals surface area (Å²) in [5.41, 5.74) is 6.62. The van der Waals surface area contributed by atoms with Crippen molar-refractivity contribution in [2.75, 3.05) is 13.2 Å². The zero-order valence-corrected chi connectivity index (χ0v) is 10.0. The van der Waals surface area contributed by atoms with Gasteiger partial charge in [0.05, 0.1) is 6.10 Å². The Bertz CT molecular complexity index is 295. The first kappa shape index (κ1) is 13.0. The molecule has 0 saturated carbocycles. The molecule has 90 valence electrons. The molecule has 0 radical (unpaired) electrons. The number of hydrogen-bond donors (Lipinski definition) is 2. The van der Waals surface area contributed by atoms with Gasteiger partial charge in [-0.3, -0.25) is 0 Å². The van der Waals surface area contributed by atoms with Gasteiger partial charge in [0.2, 0.25) is 0 Å². The average Bonchev–Trinajstić information content (AvgIpc) is 2.27. The van der Waals surface area contributed by atoms with Gasteiger partial charge in [-0.15, -0.1) is 0 Å². The van der Waals surface area contributed by atoms with Crippen molar-refractivity contribution in [3.63, 3.8) is 0 Å². The molecule has 1 unspecified atom stereocenters. The molecule has 1 aromatic rings. The van der Waals surface area contributed by atoms with Crippen LogP contribution in [0.4, 0.5) is 0 Å². The lowest BCUT2D eigenvalue weighted by atomic mass is 10.0. The van der Waals surface area contributed by atoms with E-state index < -0.39 is 6.10 Å². The smallest absolute Gasteiger partial charge is 0.119 e. The number of ether oxygens (including phenoxy) is 1. The minimum Gasteiger partial charge on any atom is -0.491 e. The quantitative estimate of drug-likeness (QED) is 0.774. The van der Waals surface area contributed by atoms with E-state index in [0.717, 1.165) is 5.75 Å². The molecule has 1 aromatic carbocycles. The summed E-state index contributed by atoms with van der Waals surface area (Å²) in [6, 6.07) is 7.97. The summed E-state index contributed by atoms with van der Waals surface area (Å²) in [6.45, 7) is 5.09. The molecular weight excluding hydrogens is 202 g/mol. The molecule has 3 heteroatoms. The largest absolute Gasteiger partial charge is 0.491 e. The van der Waals surface area contributed by atoms with E-state index >= 15 is 0 Å². The molecule has 0 aliphatic heterocycles. The van der Waals surface area contributed by atoms with E-state index in [-0.39, 0.29) is 0 Å². The third-order valence-corrected chi connectivity index (χ3v) is 2.49. The van der Waals surface area contributed by atoms with E-state index in [2.05, 4.69) is 26.0 Å². The van der Waals surface area contributed by atoms with E-state index in [1.807, 2.05) is 12.1 Å².